The van der Waals surface area contributed by atoms with Gasteiger partial charge in [-0.25, -0.2) is 5.01 Å². The number of hydrazone groups is 1. The Morgan fingerprint density at radius 1 is 1.12 bits per heavy atom. The van der Waals surface area contributed by atoms with E-state index in [1.807, 2.05) is 42.8 Å². The van der Waals surface area contributed by atoms with Crippen LogP contribution in [0.1, 0.15) is 11.7 Å². The summed E-state index contributed by atoms with van der Waals surface area (Å²) in [6.45, 7) is 0. The largest absolute Gasteiger partial charge is 0.298 e. The quantitative estimate of drug-likeness (QED) is 0.720. The van der Waals surface area contributed by atoms with E-state index in [4.69, 9.17) is 4.99 Å². The number of fused-ring (bicyclic) bond motifs is 2. The number of benzene rings is 2. The lowest BCUT2D eigenvalue weighted by Gasteiger charge is -2.34. The van der Waals surface area contributed by atoms with Gasteiger partial charge in [0, 0.05) is 14.6 Å². The SMILES string of the molecule is CSC1=NN2C(=c3cc(Br)ccc3=N[C@H]2c2ccc(SC)cc2)C(=O)N1. The average molecular weight is 447 g/mol. The molecule has 0 fully saturated rings. The third-order valence-corrected chi connectivity index (χ3v) is 5.98. The number of nitrogens with one attached hydrogen (secondary N) is 1. The van der Waals surface area contributed by atoms with Crippen LogP contribution in [0, 0.1) is 0 Å². The molecule has 1 N–H and O–H groups in total. The zero-order chi connectivity index (χ0) is 18.3. The van der Waals surface area contributed by atoms with E-state index in [2.05, 4.69) is 38.5 Å². The van der Waals surface area contributed by atoms with Crippen molar-refractivity contribution in [1.29, 1.82) is 0 Å². The fraction of sp³-hybridized carbons (Fsp3) is 0.167. The van der Waals surface area contributed by atoms with Crippen molar-refractivity contribution >= 4 is 56.2 Å². The summed E-state index contributed by atoms with van der Waals surface area (Å²) in [5.74, 6) is -0.163. The van der Waals surface area contributed by atoms with Crippen molar-refractivity contribution in [2.75, 3.05) is 12.5 Å². The minimum Gasteiger partial charge on any atom is -0.298 e. The van der Waals surface area contributed by atoms with Gasteiger partial charge in [-0.2, -0.15) is 0 Å². The van der Waals surface area contributed by atoms with Crippen molar-refractivity contribution in [3.8, 4) is 0 Å². The zero-order valence-corrected chi connectivity index (χ0v) is 17.3. The molecule has 0 aliphatic carbocycles. The molecule has 8 heteroatoms. The van der Waals surface area contributed by atoms with Crippen molar-refractivity contribution in [3.63, 3.8) is 0 Å². The molecule has 1 atom stereocenters. The minimum atomic E-state index is -0.372. The van der Waals surface area contributed by atoms with Crippen LogP contribution in [0.2, 0.25) is 0 Å². The molecule has 0 saturated carbocycles. The Hall–Kier alpha value is -1.77. The van der Waals surface area contributed by atoms with E-state index in [1.165, 1.54) is 16.7 Å². The van der Waals surface area contributed by atoms with E-state index < -0.39 is 0 Å². The van der Waals surface area contributed by atoms with Crippen LogP contribution >= 0.6 is 39.5 Å². The summed E-state index contributed by atoms with van der Waals surface area (Å²) in [6.07, 6.45) is 3.56. The van der Waals surface area contributed by atoms with E-state index in [1.54, 1.807) is 16.8 Å². The van der Waals surface area contributed by atoms with E-state index >= 15 is 0 Å². The Morgan fingerprint density at radius 2 is 1.88 bits per heavy atom. The summed E-state index contributed by atoms with van der Waals surface area (Å²) in [6, 6.07) is 14.0. The predicted molar refractivity (Wildman–Crippen MR) is 110 cm³/mol. The van der Waals surface area contributed by atoms with Gasteiger partial charge < -0.3 is 0 Å². The molecule has 0 spiro atoms. The van der Waals surface area contributed by atoms with Gasteiger partial charge in [-0.1, -0.05) is 39.8 Å². The standard InChI is InChI=1S/C18H15BrN4OS2/c1-25-12-6-3-10(4-7-12)16-20-14-8-5-11(19)9-13(14)15-17(24)21-18(26-2)22-23(15)16/h3-9,16H,1-2H3,(H,21,22,24)/t16-/m1/s1. The molecule has 1 amide bonds. The van der Waals surface area contributed by atoms with Crippen molar-refractivity contribution in [1.82, 2.24) is 10.3 Å². The lowest BCUT2D eigenvalue weighted by atomic mass is 10.1. The summed E-state index contributed by atoms with van der Waals surface area (Å²) in [4.78, 5) is 18.9. The zero-order valence-electron chi connectivity index (χ0n) is 14.1. The number of carbonyl (C=O) groups is 1. The van der Waals surface area contributed by atoms with Crippen molar-refractivity contribution in [2.45, 2.75) is 11.1 Å². The molecule has 0 bridgehead atoms. The van der Waals surface area contributed by atoms with Crippen LogP contribution in [0.3, 0.4) is 0 Å². The van der Waals surface area contributed by atoms with E-state index in [0.717, 1.165) is 20.6 Å². The smallest absolute Gasteiger partial charge is 0.276 e. The van der Waals surface area contributed by atoms with Crippen LogP contribution in [0.4, 0.5) is 0 Å². The molecule has 132 valence electrons. The molecule has 0 saturated heterocycles. The molecule has 2 aromatic rings. The number of thioether (sulfide) groups is 2. The van der Waals surface area contributed by atoms with Crippen molar-refractivity contribution in [3.05, 3.63) is 63.1 Å². The number of halogens is 1. The van der Waals surface area contributed by atoms with Crippen LogP contribution in [0.5, 0.6) is 0 Å². The molecule has 0 unspecified atom stereocenters. The number of hydrogen-bond donors (Lipinski definition) is 1. The second kappa shape index (κ2) is 7.09. The van der Waals surface area contributed by atoms with Crippen molar-refractivity contribution < 1.29 is 4.79 Å². The summed E-state index contributed by atoms with van der Waals surface area (Å²) in [7, 11) is 0. The molecule has 0 radical (unpaired) electrons. The second-order valence-electron chi connectivity index (χ2n) is 5.69. The fourth-order valence-corrected chi connectivity index (χ4v) is 4.07. The predicted octanol–water partition coefficient (Wildman–Crippen LogP) is 2.68. The Balaban J connectivity index is 1.95. The van der Waals surface area contributed by atoms with Gasteiger partial charge in [0.15, 0.2) is 11.3 Å². The third-order valence-electron chi connectivity index (χ3n) is 4.18. The van der Waals surface area contributed by atoms with E-state index in [9.17, 15) is 4.79 Å². The molecule has 4 rings (SSSR count). The van der Waals surface area contributed by atoms with Crippen LogP contribution in [0.15, 0.2) is 61.9 Å². The monoisotopic (exact) mass is 446 g/mol. The lowest BCUT2D eigenvalue weighted by molar-refractivity contribution is -0.116. The first-order valence-electron chi connectivity index (χ1n) is 7.85. The molecule has 2 aromatic carbocycles. The maximum absolute atomic E-state index is 12.8. The Morgan fingerprint density at radius 3 is 2.58 bits per heavy atom. The minimum absolute atomic E-state index is 0.163. The molecule has 2 heterocycles. The van der Waals surface area contributed by atoms with Gasteiger partial charge in [-0.05, 0) is 48.4 Å². The summed E-state index contributed by atoms with van der Waals surface area (Å²) in [5, 5.41) is 11.3. The summed E-state index contributed by atoms with van der Waals surface area (Å²) < 4.78 is 0.897. The van der Waals surface area contributed by atoms with Gasteiger partial charge >= 0.3 is 0 Å². The molecule has 0 aromatic heterocycles. The third kappa shape index (κ3) is 3.06. The van der Waals surface area contributed by atoms with Crippen LogP contribution < -0.4 is 15.9 Å². The number of amides is 1. The molecular weight excluding hydrogens is 432 g/mol. The van der Waals surface area contributed by atoms with Gasteiger partial charge in [0.25, 0.3) is 5.91 Å². The van der Waals surface area contributed by atoms with Crippen LogP contribution in [0.25, 0.3) is 5.70 Å². The van der Waals surface area contributed by atoms with Gasteiger partial charge in [-0.3, -0.25) is 15.1 Å². The second-order valence-corrected chi connectivity index (χ2v) is 8.28. The van der Waals surface area contributed by atoms with Crippen LogP contribution in [-0.2, 0) is 4.79 Å². The number of hydrogen-bond acceptors (Lipinski definition) is 6. The van der Waals surface area contributed by atoms with Gasteiger partial charge in [-0.15, -0.1) is 16.9 Å². The number of rotatable bonds is 2. The highest BCUT2D eigenvalue weighted by atomic mass is 79.9. The maximum Gasteiger partial charge on any atom is 0.276 e. The first-order valence-corrected chi connectivity index (χ1v) is 11.1. The van der Waals surface area contributed by atoms with E-state index in [0.29, 0.717) is 10.9 Å². The number of carbonyl (C=O) groups excluding carboxylic acids is 1. The highest BCUT2D eigenvalue weighted by molar-refractivity contribution is 9.10. The number of nitrogens with zero attached hydrogens (tertiary/aromatic N) is 3. The summed E-state index contributed by atoms with van der Waals surface area (Å²) >= 11 is 6.57. The van der Waals surface area contributed by atoms with E-state index in [-0.39, 0.29) is 12.1 Å². The van der Waals surface area contributed by atoms with Crippen molar-refractivity contribution in [2.24, 2.45) is 10.1 Å². The Kier molecular flexibility index (Phi) is 4.81. The molecule has 5 nitrogen and oxygen atoms in total. The fourth-order valence-electron chi connectivity index (χ4n) is 2.94. The van der Waals surface area contributed by atoms with Crippen LogP contribution in [-0.4, -0.2) is 28.6 Å². The topological polar surface area (TPSA) is 57.1 Å². The Labute approximate surface area is 167 Å². The van der Waals surface area contributed by atoms with Gasteiger partial charge in [0.2, 0.25) is 0 Å². The first kappa shape index (κ1) is 17.6. The summed E-state index contributed by atoms with van der Waals surface area (Å²) in [5.41, 5.74) is 1.51. The average Bonchev–Trinajstić information content (AvgIpc) is 2.67. The normalized spacial score (nSPS) is 18.5. The van der Waals surface area contributed by atoms with Gasteiger partial charge in [0.1, 0.15) is 5.70 Å². The molecule has 2 aliphatic heterocycles. The first-order chi connectivity index (χ1) is 12.6. The lowest BCUT2D eigenvalue weighted by Crippen LogP contribution is -2.50. The maximum atomic E-state index is 12.8. The highest BCUT2D eigenvalue weighted by Crippen LogP contribution is 2.31. The Bertz CT molecular complexity index is 1040. The molecule has 2 aliphatic rings. The highest BCUT2D eigenvalue weighted by Gasteiger charge is 2.34. The number of amidine groups is 1. The van der Waals surface area contributed by atoms with Gasteiger partial charge in [0.05, 0.1) is 5.36 Å². The molecular formula is C18H15BrN4OS2. The molecule has 26 heavy (non-hydrogen) atoms.